The molecule has 3 aliphatic rings. The first-order valence-corrected chi connectivity index (χ1v) is 5.55. The van der Waals surface area contributed by atoms with Crippen LogP contribution in [0.1, 0.15) is 12.8 Å². The fourth-order valence-corrected chi connectivity index (χ4v) is 3.33. The van der Waals surface area contributed by atoms with Gasteiger partial charge in [-0.2, -0.15) is 5.26 Å². The summed E-state index contributed by atoms with van der Waals surface area (Å²) in [6.07, 6.45) is 1.24. The van der Waals surface area contributed by atoms with E-state index in [9.17, 15) is 10.1 Å². The van der Waals surface area contributed by atoms with Gasteiger partial charge in [0.15, 0.2) is 0 Å². The Morgan fingerprint density at radius 2 is 1.93 bits per heavy atom. The van der Waals surface area contributed by atoms with Crippen LogP contribution in [0.15, 0.2) is 0 Å². The number of carbonyl (C=O) groups is 1. The second kappa shape index (κ2) is 3.03. The van der Waals surface area contributed by atoms with Crippen LogP contribution >= 0.6 is 0 Å². The molecule has 2 unspecified atom stereocenters. The van der Waals surface area contributed by atoms with Crippen LogP contribution in [-0.2, 0) is 9.53 Å². The number of morpholine rings is 1. The van der Waals surface area contributed by atoms with E-state index >= 15 is 0 Å². The molecule has 0 aromatic heterocycles. The Labute approximate surface area is 88.8 Å². The number of Topliss-reactive ketones (excluding diaryl/α,β-unsaturated/α-hetero) is 1. The molecule has 4 heteroatoms. The van der Waals surface area contributed by atoms with Gasteiger partial charge in [0.05, 0.1) is 19.3 Å². The lowest BCUT2D eigenvalue weighted by molar-refractivity contribution is -0.119. The van der Waals surface area contributed by atoms with Gasteiger partial charge in [-0.25, -0.2) is 0 Å². The van der Waals surface area contributed by atoms with Crippen LogP contribution in [0.2, 0.25) is 0 Å². The minimum atomic E-state index is -0.308. The highest BCUT2D eigenvalue weighted by Gasteiger charge is 2.71. The summed E-state index contributed by atoms with van der Waals surface area (Å²) in [5, 5.41) is 9.36. The summed E-state index contributed by atoms with van der Waals surface area (Å²) >= 11 is 0. The molecule has 0 N–H and O–H groups in total. The summed E-state index contributed by atoms with van der Waals surface area (Å²) in [7, 11) is 0. The largest absolute Gasteiger partial charge is 0.379 e. The van der Waals surface area contributed by atoms with Crippen LogP contribution in [0.25, 0.3) is 0 Å². The molecule has 2 aliphatic carbocycles. The Bertz CT molecular complexity index is 327. The van der Waals surface area contributed by atoms with Crippen molar-refractivity contribution in [2.75, 3.05) is 26.3 Å². The fraction of sp³-hybridized carbons (Fsp3) is 0.818. The van der Waals surface area contributed by atoms with Gasteiger partial charge in [0.25, 0.3) is 0 Å². The molecule has 1 saturated heterocycles. The molecule has 0 amide bonds. The topological polar surface area (TPSA) is 53.3 Å². The predicted molar refractivity (Wildman–Crippen MR) is 52.0 cm³/mol. The lowest BCUT2D eigenvalue weighted by Gasteiger charge is -2.33. The normalized spacial score (nSPS) is 44.9. The van der Waals surface area contributed by atoms with Crippen molar-refractivity contribution >= 4 is 5.78 Å². The smallest absolute Gasteiger partial charge is 0.133 e. The van der Waals surface area contributed by atoms with Crippen LogP contribution in [-0.4, -0.2) is 42.5 Å². The SMILES string of the molecule is N#CC1(N2CCOCC2)C2CC(=O)CC21. The lowest BCUT2D eigenvalue weighted by Crippen LogP contribution is -2.47. The van der Waals surface area contributed by atoms with E-state index < -0.39 is 0 Å². The minimum absolute atomic E-state index is 0.308. The summed E-state index contributed by atoms with van der Waals surface area (Å²) < 4.78 is 5.29. The molecule has 80 valence electrons. The van der Waals surface area contributed by atoms with Crippen molar-refractivity contribution in [3.8, 4) is 6.07 Å². The summed E-state index contributed by atoms with van der Waals surface area (Å²) in [6.45, 7) is 3.12. The second-order valence-electron chi connectivity index (χ2n) is 4.70. The number of ether oxygens (including phenoxy) is 1. The highest BCUT2D eigenvalue weighted by Crippen LogP contribution is 2.62. The zero-order valence-electron chi connectivity index (χ0n) is 8.61. The zero-order chi connectivity index (χ0) is 10.5. The molecule has 3 rings (SSSR count). The first kappa shape index (κ1) is 9.32. The van der Waals surface area contributed by atoms with Gasteiger partial charge in [-0.1, -0.05) is 0 Å². The summed E-state index contributed by atoms with van der Waals surface area (Å²) in [6, 6.07) is 2.46. The van der Waals surface area contributed by atoms with Crippen molar-refractivity contribution in [2.45, 2.75) is 18.4 Å². The van der Waals surface area contributed by atoms with E-state index in [-0.39, 0.29) is 5.54 Å². The molecule has 1 heterocycles. The standard InChI is InChI=1S/C11H14N2O2/c12-7-11(13-1-3-15-4-2-13)9-5-8(14)6-10(9)11/h9-10H,1-6H2. The number of nitriles is 1. The predicted octanol–water partition coefficient (Wildman–Crippen LogP) is 0.190. The molecule has 0 aromatic rings. The molecule has 1 aliphatic heterocycles. The highest BCUT2D eigenvalue weighted by molar-refractivity contribution is 5.84. The number of nitrogens with zero attached hydrogens (tertiary/aromatic N) is 2. The first-order chi connectivity index (χ1) is 7.29. The number of carbonyl (C=O) groups excluding carboxylic acids is 1. The maximum absolute atomic E-state index is 11.2. The summed E-state index contributed by atoms with van der Waals surface area (Å²) in [5.74, 6) is 0.963. The second-order valence-corrected chi connectivity index (χ2v) is 4.70. The molecule has 3 fully saturated rings. The molecule has 15 heavy (non-hydrogen) atoms. The summed E-state index contributed by atoms with van der Waals surface area (Å²) in [5.41, 5.74) is -0.308. The van der Waals surface area contributed by atoms with Crippen molar-refractivity contribution in [3.05, 3.63) is 0 Å². The molecular weight excluding hydrogens is 192 g/mol. The van der Waals surface area contributed by atoms with Crippen LogP contribution < -0.4 is 0 Å². The van der Waals surface area contributed by atoms with E-state index in [1.807, 2.05) is 0 Å². The van der Waals surface area contributed by atoms with Crippen LogP contribution in [0.5, 0.6) is 0 Å². The third-order valence-corrected chi connectivity index (χ3v) is 4.12. The monoisotopic (exact) mass is 206 g/mol. The van der Waals surface area contributed by atoms with Crippen LogP contribution in [0.3, 0.4) is 0 Å². The Morgan fingerprint density at radius 3 is 2.47 bits per heavy atom. The molecule has 0 radical (unpaired) electrons. The van der Waals surface area contributed by atoms with Crippen molar-refractivity contribution in [1.82, 2.24) is 4.90 Å². The number of hydrogen-bond acceptors (Lipinski definition) is 4. The minimum Gasteiger partial charge on any atom is -0.379 e. The number of fused-ring (bicyclic) bond motifs is 1. The highest BCUT2D eigenvalue weighted by atomic mass is 16.5. The van der Waals surface area contributed by atoms with Crippen LogP contribution in [0.4, 0.5) is 0 Å². The molecular formula is C11H14N2O2. The van der Waals surface area contributed by atoms with Crippen molar-refractivity contribution in [2.24, 2.45) is 11.8 Å². The lowest BCUT2D eigenvalue weighted by atomic mass is 10.0. The van der Waals surface area contributed by atoms with Gasteiger partial charge in [0.2, 0.25) is 0 Å². The van der Waals surface area contributed by atoms with Gasteiger partial charge < -0.3 is 4.74 Å². The van der Waals surface area contributed by atoms with Gasteiger partial charge in [-0.15, -0.1) is 0 Å². The molecule has 2 atom stereocenters. The first-order valence-electron chi connectivity index (χ1n) is 5.55. The fourth-order valence-electron chi connectivity index (χ4n) is 3.33. The van der Waals surface area contributed by atoms with E-state index in [1.165, 1.54) is 0 Å². The van der Waals surface area contributed by atoms with Gasteiger partial charge >= 0.3 is 0 Å². The molecule has 0 spiro atoms. The van der Waals surface area contributed by atoms with Crippen molar-refractivity contribution < 1.29 is 9.53 Å². The maximum Gasteiger partial charge on any atom is 0.133 e. The third kappa shape index (κ3) is 1.11. The van der Waals surface area contributed by atoms with E-state index in [1.54, 1.807) is 0 Å². The molecule has 4 nitrogen and oxygen atoms in total. The van der Waals surface area contributed by atoms with E-state index in [0.717, 1.165) is 26.3 Å². The molecule has 0 bridgehead atoms. The molecule has 2 saturated carbocycles. The van der Waals surface area contributed by atoms with Crippen molar-refractivity contribution in [3.63, 3.8) is 0 Å². The van der Waals surface area contributed by atoms with Crippen molar-refractivity contribution in [1.29, 1.82) is 5.26 Å². The Morgan fingerprint density at radius 1 is 1.33 bits per heavy atom. The quantitative estimate of drug-likeness (QED) is 0.614. The van der Waals surface area contributed by atoms with E-state index in [4.69, 9.17) is 4.74 Å². The number of ketones is 1. The van der Waals surface area contributed by atoms with Gasteiger partial charge in [-0.3, -0.25) is 9.69 Å². The van der Waals surface area contributed by atoms with Gasteiger partial charge in [-0.05, 0) is 0 Å². The number of rotatable bonds is 1. The zero-order valence-corrected chi connectivity index (χ0v) is 8.61. The average Bonchev–Trinajstić information content (AvgIpc) is 2.67. The Hall–Kier alpha value is -0.920. The van der Waals surface area contributed by atoms with Gasteiger partial charge in [0.1, 0.15) is 11.3 Å². The maximum atomic E-state index is 11.2. The summed E-state index contributed by atoms with van der Waals surface area (Å²) in [4.78, 5) is 13.5. The molecule has 0 aromatic carbocycles. The average molecular weight is 206 g/mol. The van der Waals surface area contributed by atoms with Gasteiger partial charge in [0, 0.05) is 37.8 Å². The van der Waals surface area contributed by atoms with E-state index in [2.05, 4.69) is 11.0 Å². The Balaban J connectivity index is 1.79. The van der Waals surface area contributed by atoms with Crippen LogP contribution in [0, 0.1) is 23.2 Å². The Kier molecular flexibility index (Phi) is 1.88. The number of hydrogen-bond donors (Lipinski definition) is 0. The third-order valence-electron chi connectivity index (χ3n) is 4.12. The van der Waals surface area contributed by atoms with E-state index in [0.29, 0.717) is 30.5 Å².